The zero-order chi connectivity index (χ0) is 28.9. The number of hydrogen-bond acceptors (Lipinski definition) is 6. The van der Waals surface area contributed by atoms with Crippen LogP contribution in [0.25, 0.3) is 44.0 Å². The van der Waals surface area contributed by atoms with E-state index < -0.39 is 15.1 Å². The minimum atomic E-state index is -4.99. The van der Waals surface area contributed by atoms with Gasteiger partial charge in [0.2, 0.25) is 0 Å². The number of aromatic nitrogens is 3. The molecule has 6 rings (SSSR count). The number of ether oxygens (including phenoxy) is 2. The van der Waals surface area contributed by atoms with Crippen LogP contribution in [0.2, 0.25) is 0 Å². The summed E-state index contributed by atoms with van der Waals surface area (Å²) in [5.41, 5.74) is 3.44. The molecular weight excluding hydrogens is 545 g/mol. The molecule has 0 aliphatic carbocycles. The van der Waals surface area contributed by atoms with Crippen molar-refractivity contribution in [2.45, 2.75) is 37.6 Å². The van der Waals surface area contributed by atoms with Crippen molar-refractivity contribution >= 4 is 43.1 Å². The fourth-order valence-corrected chi connectivity index (χ4v) is 5.97. The molecule has 2 aromatic carbocycles. The highest BCUT2D eigenvalue weighted by Gasteiger charge is 2.25. The van der Waals surface area contributed by atoms with Crippen LogP contribution in [0, 0.1) is 18.3 Å². The van der Waals surface area contributed by atoms with Crippen molar-refractivity contribution in [3.8, 4) is 29.2 Å². The minimum Gasteiger partial charge on any atom is -0.493 e. The molecule has 0 amide bonds. The van der Waals surface area contributed by atoms with Crippen LogP contribution < -0.4 is 10.2 Å². The summed E-state index contributed by atoms with van der Waals surface area (Å²) in [4.78, 5) is 21.1. The normalized spacial score (nSPS) is 14.7. The summed E-state index contributed by atoms with van der Waals surface area (Å²) in [6.07, 6.45) is 9.53. The number of hydrogen-bond donors (Lipinski definition) is 1. The Labute approximate surface area is 236 Å². The average Bonchev–Trinajstić information content (AvgIpc) is 3.34. The number of halogens is 1. The van der Waals surface area contributed by atoms with Gasteiger partial charge in [0.15, 0.2) is 5.43 Å². The number of H-pyrrole nitrogens is 1. The Bertz CT molecular complexity index is 2030. The second-order valence-electron chi connectivity index (χ2n) is 10.7. The largest absolute Gasteiger partial charge is 0.493 e. The first-order valence-electron chi connectivity index (χ1n) is 13.4. The van der Waals surface area contributed by atoms with Gasteiger partial charge in [0.1, 0.15) is 16.3 Å². The Hall–Kier alpha value is -4.20. The first kappa shape index (κ1) is 27.0. The molecule has 1 N–H and O–H groups in total. The predicted molar refractivity (Wildman–Crippen MR) is 156 cm³/mol. The van der Waals surface area contributed by atoms with Gasteiger partial charge in [-0.15, -0.1) is 10.3 Å². The van der Waals surface area contributed by atoms with Gasteiger partial charge in [-0.05, 0) is 49.1 Å². The van der Waals surface area contributed by atoms with Crippen LogP contribution >= 0.6 is 0 Å². The maximum absolute atomic E-state index is 14.2. The molecule has 1 aliphatic heterocycles. The lowest BCUT2D eigenvalue weighted by Crippen LogP contribution is -2.22. The highest BCUT2D eigenvalue weighted by molar-refractivity contribution is 7.86. The van der Waals surface area contributed by atoms with E-state index in [4.69, 9.17) is 15.9 Å². The summed E-state index contributed by atoms with van der Waals surface area (Å²) in [5.74, 6) is 3.20. The van der Waals surface area contributed by atoms with Gasteiger partial charge in [0.25, 0.3) is 0 Å². The summed E-state index contributed by atoms with van der Waals surface area (Å²) in [6.45, 7) is 5.49. The molecule has 0 radical (unpaired) electrons. The Morgan fingerprint density at radius 3 is 2.66 bits per heavy atom. The predicted octanol–water partition coefficient (Wildman–Crippen LogP) is 5.72. The molecule has 4 heterocycles. The third-order valence-corrected chi connectivity index (χ3v) is 8.24. The fourth-order valence-electron chi connectivity index (χ4n) is 5.51. The van der Waals surface area contributed by atoms with Crippen molar-refractivity contribution in [3.05, 3.63) is 64.6 Å². The number of benzene rings is 2. The van der Waals surface area contributed by atoms with Gasteiger partial charge in [-0.1, -0.05) is 25.8 Å². The van der Waals surface area contributed by atoms with Gasteiger partial charge < -0.3 is 19.0 Å². The van der Waals surface area contributed by atoms with Gasteiger partial charge in [0, 0.05) is 59.2 Å². The first-order valence-corrected chi connectivity index (χ1v) is 14.8. The summed E-state index contributed by atoms with van der Waals surface area (Å²) in [6, 6.07) is 10.3. The topological polar surface area (TPSA) is 103 Å². The number of pyridine rings is 2. The summed E-state index contributed by atoms with van der Waals surface area (Å²) in [7, 11) is -4.99. The highest BCUT2D eigenvalue weighted by Crippen LogP contribution is 2.39. The number of terminal acetylenes is 1. The maximum atomic E-state index is 14.2. The summed E-state index contributed by atoms with van der Waals surface area (Å²) >= 11 is 0. The summed E-state index contributed by atoms with van der Waals surface area (Å²) in [5, 5.41) is 1.78. The van der Waals surface area contributed by atoms with E-state index in [-0.39, 0.29) is 17.4 Å². The van der Waals surface area contributed by atoms with E-state index in [0.717, 1.165) is 29.9 Å². The van der Waals surface area contributed by atoms with Gasteiger partial charge in [0.05, 0.1) is 22.9 Å². The van der Waals surface area contributed by atoms with Gasteiger partial charge in [-0.2, -0.15) is 8.42 Å². The van der Waals surface area contributed by atoms with E-state index in [9.17, 15) is 17.1 Å². The molecule has 210 valence electrons. The molecule has 10 heteroatoms. The third kappa shape index (κ3) is 4.85. The number of nitrogens with one attached hydrogen (secondary N) is 1. The quantitative estimate of drug-likeness (QED) is 0.206. The summed E-state index contributed by atoms with van der Waals surface area (Å²) < 4.78 is 51.3. The van der Waals surface area contributed by atoms with Crippen molar-refractivity contribution in [3.63, 3.8) is 0 Å². The van der Waals surface area contributed by atoms with Crippen LogP contribution in [0.3, 0.4) is 0 Å². The van der Waals surface area contributed by atoms with Crippen molar-refractivity contribution in [1.82, 2.24) is 14.5 Å². The Morgan fingerprint density at radius 2 is 1.95 bits per heavy atom. The molecule has 0 atom stereocenters. The molecular formula is C31H28FN3O5S. The number of aromatic amines is 1. The van der Waals surface area contributed by atoms with Gasteiger partial charge in [-0.3, -0.25) is 9.78 Å². The third-order valence-electron chi connectivity index (χ3n) is 7.45. The van der Waals surface area contributed by atoms with E-state index in [2.05, 4.69) is 20.5 Å². The molecule has 1 aliphatic rings. The van der Waals surface area contributed by atoms with E-state index in [1.165, 1.54) is 12.3 Å². The van der Waals surface area contributed by atoms with Crippen LogP contribution in [0.15, 0.2) is 58.5 Å². The fraction of sp³-hybridized carbons (Fsp3) is 0.290. The monoisotopic (exact) mass is 573 g/mol. The molecule has 0 saturated carbocycles. The van der Waals surface area contributed by atoms with Gasteiger partial charge in [-0.25, -0.2) is 0 Å². The lowest BCUT2D eigenvalue weighted by Gasteiger charge is -2.28. The highest BCUT2D eigenvalue weighted by atomic mass is 32.3. The molecule has 8 nitrogen and oxygen atoms in total. The standard InChI is InChI=1S/C31H28FN3O5S/c1-4-19-5-6-23-26(11-19)34-31-29(23)30(36)25-14-28(40-17-18(2)3)24(20-12-22(16-33-15-20)41(32,37)38)13-27(25)35(31)21-7-9-39-10-8-21/h1,5-6,11-16,18,21,34H,7-10,17H2,2-3H3. The Balaban J connectivity index is 1.73. The molecule has 1 fully saturated rings. The van der Waals surface area contributed by atoms with Crippen molar-refractivity contribution in [2.24, 2.45) is 5.92 Å². The molecule has 3 aromatic heterocycles. The van der Waals surface area contributed by atoms with Gasteiger partial charge >= 0.3 is 10.2 Å². The zero-order valence-electron chi connectivity index (χ0n) is 22.6. The van der Waals surface area contributed by atoms with E-state index in [0.29, 0.717) is 64.2 Å². The minimum absolute atomic E-state index is 0.0143. The van der Waals surface area contributed by atoms with E-state index in [1.807, 2.05) is 38.1 Å². The maximum Gasteiger partial charge on any atom is 0.333 e. The van der Waals surface area contributed by atoms with Crippen LogP contribution in [0.4, 0.5) is 3.89 Å². The molecule has 41 heavy (non-hydrogen) atoms. The molecule has 0 unspecified atom stereocenters. The van der Waals surface area contributed by atoms with Crippen LogP contribution in [-0.4, -0.2) is 42.8 Å². The van der Waals surface area contributed by atoms with E-state index in [1.54, 1.807) is 6.07 Å². The van der Waals surface area contributed by atoms with Crippen molar-refractivity contribution in [2.75, 3.05) is 19.8 Å². The Kier molecular flexibility index (Phi) is 6.80. The van der Waals surface area contributed by atoms with Crippen LogP contribution in [0.5, 0.6) is 5.75 Å². The lowest BCUT2D eigenvalue weighted by molar-refractivity contribution is 0.0715. The lowest BCUT2D eigenvalue weighted by atomic mass is 10.00. The van der Waals surface area contributed by atoms with Crippen molar-refractivity contribution < 1.29 is 21.8 Å². The Morgan fingerprint density at radius 1 is 1.17 bits per heavy atom. The van der Waals surface area contributed by atoms with E-state index >= 15 is 0 Å². The molecule has 0 bridgehead atoms. The second kappa shape index (κ2) is 10.3. The number of fused-ring (bicyclic) bond motifs is 4. The zero-order valence-corrected chi connectivity index (χ0v) is 23.4. The van der Waals surface area contributed by atoms with Crippen molar-refractivity contribution in [1.29, 1.82) is 0 Å². The molecule has 5 aromatic rings. The molecule has 0 spiro atoms. The molecule has 1 saturated heterocycles. The second-order valence-corrected chi connectivity index (χ2v) is 12.1. The smallest absolute Gasteiger partial charge is 0.333 e. The SMILES string of the molecule is C#Cc1ccc2c(c1)[nH]c1c2c(=O)c2cc(OCC(C)C)c(-c3cncc(S(=O)(=O)F)c3)cc2n1C1CCOCC1. The first-order chi connectivity index (χ1) is 19.7. The van der Waals surface area contributed by atoms with Crippen LogP contribution in [0.1, 0.15) is 38.3 Å². The number of rotatable bonds is 6. The average molecular weight is 574 g/mol. The van der Waals surface area contributed by atoms with Crippen LogP contribution in [-0.2, 0) is 15.0 Å². The number of nitrogens with zero attached hydrogens (tertiary/aromatic N) is 2.